The van der Waals surface area contributed by atoms with Crippen LogP contribution in [0.2, 0.25) is 0 Å². The molecule has 2 aromatic rings. The Morgan fingerprint density at radius 1 is 1.07 bits per heavy atom. The summed E-state index contributed by atoms with van der Waals surface area (Å²) in [4.78, 5) is 41.7. The van der Waals surface area contributed by atoms with Gasteiger partial charge in [0.05, 0.1) is 12.6 Å². The summed E-state index contributed by atoms with van der Waals surface area (Å²) in [5, 5.41) is 11.2. The van der Waals surface area contributed by atoms with Crippen LogP contribution < -0.4 is 0 Å². The van der Waals surface area contributed by atoms with Crippen molar-refractivity contribution in [3.8, 4) is 0 Å². The highest BCUT2D eigenvalue weighted by Crippen LogP contribution is 2.42. The fraction of sp³-hybridized carbons (Fsp3) is 0.625. The fourth-order valence-electron chi connectivity index (χ4n) is 6.82. The van der Waals surface area contributed by atoms with Gasteiger partial charge >= 0.3 is 18.2 Å². The Morgan fingerprint density at radius 2 is 1.67 bits per heavy atom. The van der Waals surface area contributed by atoms with Gasteiger partial charge in [0.2, 0.25) is 0 Å². The number of halogens is 3. The van der Waals surface area contributed by atoms with Crippen LogP contribution in [-0.4, -0.2) is 93.0 Å². The molecule has 3 saturated heterocycles. The van der Waals surface area contributed by atoms with Crippen LogP contribution in [0.25, 0.3) is 0 Å². The number of aliphatic carboxylic acids is 1. The monoisotopic (exact) mass is 636 g/mol. The average molecular weight is 637 g/mol. The number of carbonyl (C=O) groups is 3. The van der Waals surface area contributed by atoms with Crippen molar-refractivity contribution in [1.82, 2.24) is 19.9 Å². The summed E-state index contributed by atoms with van der Waals surface area (Å²) in [7, 11) is 0. The molecule has 1 spiro atoms. The van der Waals surface area contributed by atoms with Crippen molar-refractivity contribution in [3.05, 3.63) is 52.4 Å². The quantitative estimate of drug-likeness (QED) is 0.401. The third-order valence-electron chi connectivity index (χ3n) is 9.20. The van der Waals surface area contributed by atoms with Gasteiger partial charge in [-0.2, -0.15) is 13.2 Å². The van der Waals surface area contributed by atoms with Crippen LogP contribution in [0, 0.1) is 20.8 Å². The molecule has 3 aliphatic rings. The van der Waals surface area contributed by atoms with Crippen LogP contribution in [-0.2, 0) is 16.1 Å². The number of hydrogen-bond donors (Lipinski definition) is 1. The molecule has 3 fully saturated rings. The number of alkyl halides is 3. The Morgan fingerprint density at radius 3 is 2.18 bits per heavy atom. The Bertz CT molecular complexity index is 1330. The van der Waals surface area contributed by atoms with Crippen molar-refractivity contribution in [1.29, 1.82) is 0 Å². The lowest BCUT2D eigenvalue weighted by Crippen LogP contribution is -2.56. The number of hydrogen-bond acceptors (Lipinski definition) is 7. The zero-order chi connectivity index (χ0) is 32.9. The highest BCUT2D eigenvalue weighted by atomic mass is 19.4. The topological polar surface area (TPSA) is 116 Å². The summed E-state index contributed by atoms with van der Waals surface area (Å²) in [6.07, 6.45) is 1.46. The Kier molecular flexibility index (Phi) is 10.8. The van der Waals surface area contributed by atoms with Gasteiger partial charge in [-0.1, -0.05) is 43.1 Å². The van der Waals surface area contributed by atoms with E-state index < -0.39 is 17.7 Å². The van der Waals surface area contributed by atoms with Gasteiger partial charge in [-0.3, -0.25) is 14.6 Å². The summed E-state index contributed by atoms with van der Waals surface area (Å²) in [6.45, 7) is 12.0. The average Bonchev–Trinajstić information content (AvgIpc) is 3.51. The van der Waals surface area contributed by atoms with E-state index >= 15 is 0 Å². The molecule has 248 valence electrons. The van der Waals surface area contributed by atoms with Gasteiger partial charge in [0.25, 0.3) is 5.91 Å². The Labute approximate surface area is 261 Å². The van der Waals surface area contributed by atoms with Crippen LogP contribution in [0.5, 0.6) is 0 Å². The molecular weight excluding hydrogens is 593 g/mol. The molecule has 0 aliphatic carbocycles. The van der Waals surface area contributed by atoms with E-state index in [1.54, 1.807) is 0 Å². The first-order valence-corrected chi connectivity index (χ1v) is 15.6. The minimum Gasteiger partial charge on any atom is -0.475 e. The van der Waals surface area contributed by atoms with Crippen molar-refractivity contribution in [2.75, 3.05) is 26.2 Å². The first-order valence-electron chi connectivity index (χ1n) is 15.6. The molecule has 0 radical (unpaired) electrons. The van der Waals surface area contributed by atoms with E-state index in [1.165, 1.54) is 0 Å². The first-order chi connectivity index (χ1) is 21.3. The molecule has 2 amide bonds. The lowest BCUT2D eigenvalue weighted by molar-refractivity contribution is -0.192. The predicted octanol–water partition coefficient (Wildman–Crippen LogP) is 5.88. The molecule has 1 aromatic carbocycles. The number of unbranched alkanes of at least 4 members (excludes halogenated alkanes) is 1. The van der Waals surface area contributed by atoms with Gasteiger partial charge in [0, 0.05) is 56.7 Å². The van der Waals surface area contributed by atoms with Gasteiger partial charge in [0.15, 0.2) is 0 Å². The van der Waals surface area contributed by atoms with Crippen molar-refractivity contribution >= 4 is 18.0 Å². The zero-order valence-electron chi connectivity index (χ0n) is 26.4. The van der Waals surface area contributed by atoms with Crippen LogP contribution in [0.15, 0.2) is 28.8 Å². The largest absolute Gasteiger partial charge is 0.490 e. The van der Waals surface area contributed by atoms with Crippen molar-refractivity contribution in [3.63, 3.8) is 0 Å². The summed E-state index contributed by atoms with van der Waals surface area (Å²) >= 11 is 0. The number of carboxylic acid groups (broad SMARTS) is 1. The highest BCUT2D eigenvalue weighted by molar-refractivity contribution is 5.97. The maximum Gasteiger partial charge on any atom is 0.490 e. The molecule has 3 aliphatic heterocycles. The van der Waals surface area contributed by atoms with Gasteiger partial charge < -0.3 is 19.3 Å². The Hall–Kier alpha value is -3.61. The van der Waals surface area contributed by atoms with Crippen molar-refractivity contribution < 1.29 is 41.9 Å². The molecule has 1 aromatic heterocycles. The second-order valence-corrected chi connectivity index (χ2v) is 12.3. The third-order valence-corrected chi connectivity index (χ3v) is 9.20. The number of amides is 2. The number of carbonyl (C=O) groups excluding carboxylic acids is 2. The molecule has 1 unspecified atom stereocenters. The van der Waals surface area contributed by atoms with Crippen LogP contribution in [0.4, 0.5) is 18.0 Å². The van der Waals surface area contributed by atoms with Crippen LogP contribution in [0.1, 0.15) is 84.8 Å². The zero-order valence-corrected chi connectivity index (χ0v) is 26.4. The summed E-state index contributed by atoms with van der Waals surface area (Å²) in [5.41, 5.74) is 3.31. The van der Waals surface area contributed by atoms with Gasteiger partial charge in [-0.05, 0) is 51.2 Å². The lowest BCUT2D eigenvalue weighted by atomic mass is 9.81. The Balaban J connectivity index is 0.000000591. The molecule has 0 bridgehead atoms. The van der Waals surface area contributed by atoms with E-state index in [2.05, 4.69) is 17.0 Å². The van der Waals surface area contributed by atoms with E-state index in [9.17, 15) is 22.8 Å². The van der Waals surface area contributed by atoms with Gasteiger partial charge in [-0.15, -0.1) is 0 Å². The minimum absolute atomic E-state index is 0.0610. The third kappa shape index (κ3) is 7.98. The normalized spacial score (nSPS) is 20.6. The number of piperidine rings is 2. The summed E-state index contributed by atoms with van der Waals surface area (Å²) in [6, 6.07) is 8.48. The highest BCUT2D eigenvalue weighted by Gasteiger charge is 2.55. The van der Waals surface area contributed by atoms with E-state index in [4.69, 9.17) is 19.2 Å². The van der Waals surface area contributed by atoms with Gasteiger partial charge in [-0.25, -0.2) is 9.59 Å². The SMILES string of the molecule is CCCCC1N(Cc2cc(C)on2)C(=O)OC12CCN(C1CCN(C(=O)c3c(C)cccc3C)CC1)CC2.O=C(O)C(F)(F)F. The van der Waals surface area contributed by atoms with Crippen LogP contribution >= 0.6 is 0 Å². The van der Waals surface area contributed by atoms with Crippen molar-refractivity contribution in [2.24, 2.45) is 0 Å². The van der Waals surface area contributed by atoms with Gasteiger partial charge in [0.1, 0.15) is 17.1 Å². The summed E-state index contributed by atoms with van der Waals surface area (Å²) in [5.74, 6) is -1.84. The standard InChI is InChI=1S/C30H42N4O4.C2HF3O2/c1-5-6-10-26-30(37-29(36)34(26)20-24-19-23(4)38-31-24)13-17-32(18-14-30)25-11-15-33(16-12-25)28(35)27-21(2)8-7-9-22(27)3;3-2(4,5)1(6)7/h7-9,19,25-26H,5-6,10-18,20H2,1-4H3;(H,6,7). The molecule has 10 nitrogen and oxygen atoms in total. The minimum atomic E-state index is -5.08. The second-order valence-electron chi connectivity index (χ2n) is 12.3. The number of rotatable bonds is 7. The number of nitrogens with zero attached hydrogens (tertiary/aromatic N) is 4. The number of likely N-dealkylation sites (tertiary alicyclic amines) is 2. The molecule has 4 heterocycles. The van der Waals surface area contributed by atoms with Crippen molar-refractivity contribution in [2.45, 2.75) is 103 Å². The number of benzene rings is 1. The maximum absolute atomic E-state index is 13.3. The predicted molar refractivity (Wildman–Crippen MR) is 159 cm³/mol. The summed E-state index contributed by atoms with van der Waals surface area (Å²) < 4.78 is 43.2. The van der Waals surface area contributed by atoms with E-state index in [0.717, 1.165) is 99.3 Å². The lowest BCUT2D eigenvalue weighted by Gasteiger charge is -2.46. The molecule has 5 rings (SSSR count). The molecule has 13 heteroatoms. The number of ether oxygens (including phenoxy) is 1. The smallest absolute Gasteiger partial charge is 0.475 e. The fourth-order valence-corrected chi connectivity index (χ4v) is 6.82. The molecule has 1 N–H and O–H groups in total. The number of aromatic nitrogens is 1. The van der Waals surface area contributed by atoms with Crippen LogP contribution in [0.3, 0.4) is 0 Å². The van der Waals surface area contributed by atoms with E-state index in [0.29, 0.717) is 12.6 Å². The second kappa shape index (κ2) is 14.2. The maximum atomic E-state index is 13.3. The van der Waals surface area contributed by atoms with E-state index in [1.807, 2.05) is 54.8 Å². The number of carboxylic acids is 1. The number of aryl methyl sites for hydroxylation is 3. The van der Waals surface area contributed by atoms with E-state index in [-0.39, 0.29) is 18.0 Å². The molecule has 45 heavy (non-hydrogen) atoms. The molecule has 1 atom stereocenters. The molecular formula is C32H43F3N4O6. The molecule has 0 saturated carbocycles. The first kappa shape index (κ1) is 34.3.